The molecule has 1 heterocycles. The first kappa shape index (κ1) is 10.9. The molecule has 0 spiro atoms. The van der Waals surface area contributed by atoms with E-state index in [1.807, 2.05) is 13.1 Å². The van der Waals surface area contributed by atoms with Gasteiger partial charge in [-0.25, -0.2) is 0 Å². The zero-order chi connectivity index (χ0) is 10.4. The molecule has 0 amide bonds. The zero-order valence-electron chi connectivity index (χ0n) is 7.97. The van der Waals surface area contributed by atoms with Gasteiger partial charge in [-0.1, -0.05) is 5.16 Å². The molecule has 1 aromatic heterocycles. The van der Waals surface area contributed by atoms with Crippen LogP contribution in [-0.4, -0.2) is 22.1 Å². The number of hydrogen-bond acceptors (Lipinski definition) is 5. The Balaban J connectivity index is 2.25. The molecule has 0 saturated heterocycles. The number of amidine groups is 1. The number of oxime groups is 1. The molecule has 0 aliphatic carbocycles. The highest BCUT2D eigenvalue weighted by Gasteiger charge is 2.04. The van der Waals surface area contributed by atoms with Gasteiger partial charge >= 0.3 is 0 Å². The van der Waals surface area contributed by atoms with Crippen molar-refractivity contribution in [1.29, 1.82) is 0 Å². The van der Waals surface area contributed by atoms with Gasteiger partial charge in [0.05, 0.1) is 5.51 Å². The highest BCUT2D eigenvalue weighted by atomic mass is 32.1. The Kier molecular flexibility index (Phi) is 4.34. The Morgan fingerprint density at radius 1 is 1.86 bits per heavy atom. The van der Waals surface area contributed by atoms with Gasteiger partial charge in [0.15, 0.2) is 0 Å². The molecular formula is C8H14N4OS. The van der Waals surface area contributed by atoms with Gasteiger partial charge < -0.3 is 16.3 Å². The van der Waals surface area contributed by atoms with Gasteiger partial charge in [-0.2, -0.15) is 0 Å². The van der Waals surface area contributed by atoms with Crippen molar-refractivity contribution >= 4 is 17.2 Å². The van der Waals surface area contributed by atoms with Crippen LogP contribution in [0.25, 0.3) is 0 Å². The monoisotopic (exact) mass is 214 g/mol. The third kappa shape index (κ3) is 3.71. The first-order valence-corrected chi connectivity index (χ1v) is 5.17. The maximum atomic E-state index is 8.36. The van der Waals surface area contributed by atoms with E-state index in [-0.39, 0.29) is 11.9 Å². The molecule has 1 atom stereocenters. The zero-order valence-corrected chi connectivity index (χ0v) is 8.79. The van der Waals surface area contributed by atoms with Crippen molar-refractivity contribution in [1.82, 2.24) is 10.3 Å². The number of hydrogen-bond donors (Lipinski definition) is 3. The summed E-state index contributed by atoms with van der Waals surface area (Å²) in [5.41, 5.74) is 7.17. The average molecular weight is 214 g/mol. The molecule has 5 nitrogen and oxygen atoms in total. The Labute approximate surface area is 86.6 Å². The second-order valence-electron chi connectivity index (χ2n) is 3.05. The summed E-state index contributed by atoms with van der Waals surface area (Å²) in [6.07, 6.45) is 2.36. The van der Waals surface area contributed by atoms with E-state index in [0.29, 0.717) is 6.42 Å². The van der Waals surface area contributed by atoms with Crippen LogP contribution in [0.2, 0.25) is 0 Å². The van der Waals surface area contributed by atoms with E-state index in [4.69, 9.17) is 10.9 Å². The largest absolute Gasteiger partial charge is 0.409 e. The molecule has 0 aromatic carbocycles. The predicted octanol–water partition coefficient (Wildman–Crippen LogP) is 0.758. The Morgan fingerprint density at radius 3 is 3.21 bits per heavy atom. The fourth-order valence-corrected chi connectivity index (χ4v) is 1.58. The minimum Gasteiger partial charge on any atom is -0.409 e. The smallest absolute Gasteiger partial charge is 0.140 e. The normalized spacial score (nSPS) is 14.2. The molecule has 0 radical (unpaired) electrons. The van der Waals surface area contributed by atoms with E-state index in [1.165, 1.54) is 4.88 Å². The van der Waals surface area contributed by atoms with Crippen LogP contribution in [0, 0.1) is 0 Å². The Morgan fingerprint density at radius 2 is 2.64 bits per heavy atom. The lowest BCUT2D eigenvalue weighted by Crippen LogP contribution is -2.30. The summed E-state index contributed by atoms with van der Waals surface area (Å²) in [6, 6.07) is 0.188. The first-order chi connectivity index (χ1) is 6.72. The summed E-state index contributed by atoms with van der Waals surface area (Å²) in [4.78, 5) is 5.14. The second kappa shape index (κ2) is 5.56. The molecule has 6 heteroatoms. The van der Waals surface area contributed by atoms with Crippen LogP contribution in [0.1, 0.15) is 18.2 Å². The van der Waals surface area contributed by atoms with Crippen molar-refractivity contribution in [3.63, 3.8) is 0 Å². The molecule has 0 aliphatic heterocycles. The van der Waals surface area contributed by atoms with Crippen LogP contribution < -0.4 is 11.1 Å². The van der Waals surface area contributed by atoms with E-state index >= 15 is 0 Å². The minimum atomic E-state index is 0.188. The standard InChI is InChI=1S/C8H14N4OS/c1-6(2-8(9)12-13)11-4-7-3-10-5-14-7/h3,5-6,11,13H,2,4H2,1H3,(H2,9,12). The molecule has 1 rings (SSSR count). The van der Waals surface area contributed by atoms with E-state index in [0.717, 1.165) is 6.54 Å². The summed E-state index contributed by atoms with van der Waals surface area (Å²) in [7, 11) is 0. The summed E-state index contributed by atoms with van der Waals surface area (Å²) in [5.74, 6) is 0.245. The number of aromatic nitrogens is 1. The Bertz CT molecular complexity index is 286. The lowest BCUT2D eigenvalue weighted by Gasteiger charge is -2.11. The minimum absolute atomic E-state index is 0.188. The lowest BCUT2D eigenvalue weighted by atomic mass is 10.2. The Hall–Kier alpha value is -1.14. The third-order valence-corrected chi connectivity index (χ3v) is 2.53. The van der Waals surface area contributed by atoms with Crippen LogP contribution >= 0.6 is 11.3 Å². The van der Waals surface area contributed by atoms with E-state index < -0.39 is 0 Å². The fourth-order valence-electron chi connectivity index (χ4n) is 1.03. The van der Waals surface area contributed by atoms with Gasteiger partial charge in [0.1, 0.15) is 5.84 Å². The molecule has 1 aromatic rings. The van der Waals surface area contributed by atoms with Crippen LogP contribution in [0.15, 0.2) is 16.9 Å². The molecule has 0 fully saturated rings. The molecule has 4 N–H and O–H groups in total. The number of nitrogens with two attached hydrogens (primary N) is 1. The number of thiazole rings is 1. The van der Waals surface area contributed by atoms with Gasteiger partial charge in [-0.15, -0.1) is 11.3 Å². The fraction of sp³-hybridized carbons (Fsp3) is 0.500. The van der Waals surface area contributed by atoms with Gasteiger partial charge in [0.2, 0.25) is 0 Å². The number of nitrogens with one attached hydrogen (secondary N) is 1. The van der Waals surface area contributed by atoms with Crippen LogP contribution in [-0.2, 0) is 6.54 Å². The van der Waals surface area contributed by atoms with Crippen LogP contribution in [0.3, 0.4) is 0 Å². The predicted molar refractivity (Wildman–Crippen MR) is 56.4 cm³/mol. The van der Waals surface area contributed by atoms with Gasteiger partial charge in [-0.05, 0) is 6.92 Å². The topological polar surface area (TPSA) is 83.5 Å². The highest BCUT2D eigenvalue weighted by Crippen LogP contribution is 2.05. The molecule has 78 valence electrons. The van der Waals surface area contributed by atoms with Gasteiger partial charge in [0, 0.05) is 30.1 Å². The molecule has 0 saturated carbocycles. The molecule has 1 unspecified atom stereocenters. The molecular weight excluding hydrogens is 200 g/mol. The van der Waals surface area contributed by atoms with Crippen molar-refractivity contribution in [2.75, 3.05) is 0 Å². The van der Waals surface area contributed by atoms with Crippen molar-refractivity contribution in [2.24, 2.45) is 10.9 Å². The van der Waals surface area contributed by atoms with Crippen molar-refractivity contribution in [3.05, 3.63) is 16.6 Å². The maximum Gasteiger partial charge on any atom is 0.140 e. The summed E-state index contributed by atoms with van der Waals surface area (Å²) in [5, 5.41) is 14.5. The number of nitrogens with zero attached hydrogens (tertiary/aromatic N) is 2. The second-order valence-corrected chi connectivity index (χ2v) is 4.02. The number of rotatable bonds is 5. The van der Waals surface area contributed by atoms with Crippen LogP contribution in [0.5, 0.6) is 0 Å². The van der Waals surface area contributed by atoms with Gasteiger partial charge in [0.25, 0.3) is 0 Å². The quantitative estimate of drug-likeness (QED) is 0.292. The highest BCUT2D eigenvalue weighted by molar-refractivity contribution is 7.09. The average Bonchev–Trinajstić information content (AvgIpc) is 2.67. The molecule has 0 aliphatic rings. The van der Waals surface area contributed by atoms with Crippen molar-refractivity contribution in [3.8, 4) is 0 Å². The SMILES string of the molecule is CC(CC(N)=NO)NCc1cncs1. The van der Waals surface area contributed by atoms with Crippen molar-refractivity contribution in [2.45, 2.75) is 25.9 Å². The van der Waals surface area contributed by atoms with Crippen molar-refractivity contribution < 1.29 is 5.21 Å². The molecule has 14 heavy (non-hydrogen) atoms. The molecule has 0 bridgehead atoms. The van der Waals surface area contributed by atoms with E-state index in [9.17, 15) is 0 Å². The van der Waals surface area contributed by atoms with E-state index in [1.54, 1.807) is 16.8 Å². The lowest BCUT2D eigenvalue weighted by molar-refractivity contribution is 0.316. The van der Waals surface area contributed by atoms with E-state index in [2.05, 4.69) is 15.5 Å². The first-order valence-electron chi connectivity index (χ1n) is 4.29. The van der Waals surface area contributed by atoms with Gasteiger partial charge in [-0.3, -0.25) is 4.98 Å². The maximum absolute atomic E-state index is 8.36. The summed E-state index contributed by atoms with van der Waals surface area (Å²) >= 11 is 1.61. The summed E-state index contributed by atoms with van der Waals surface area (Å²) in [6.45, 7) is 2.75. The summed E-state index contributed by atoms with van der Waals surface area (Å²) < 4.78 is 0. The van der Waals surface area contributed by atoms with Crippen LogP contribution in [0.4, 0.5) is 0 Å². The third-order valence-electron chi connectivity index (χ3n) is 1.75.